The maximum absolute atomic E-state index is 12.2. The second-order valence-corrected chi connectivity index (χ2v) is 7.94. The van der Waals surface area contributed by atoms with Gasteiger partial charge in [-0.3, -0.25) is 4.79 Å². The molecule has 0 amide bonds. The second kappa shape index (κ2) is 6.56. The van der Waals surface area contributed by atoms with Crippen molar-refractivity contribution in [3.05, 3.63) is 11.8 Å². The molecule has 126 valence electrons. The number of carbonyl (C=O) groups excluding carboxylic acids is 2. The molecule has 3 atom stereocenters. The van der Waals surface area contributed by atoms with Crippen molar-refractivity contribution in [2.75, 3.05) is 5.75 Å². The highest BCUT2D eigenvalue weighted by Gasteiger charge is 2.62. The van der Waals surface area contributed by atoms with E-state index in [1.54, 1.807) is 12.3 Å². The molecule has 0 N–H and O–H groups in total. The molecular formula is C17H23NO4S. The van der Waals surface area contributed by atoms with Crippen LogP contribution in [0.15, 0.2) is 11.8 Å². The van der Waals surface area contributed by atoms with Crippen LogP contribution in [-0.4, -0.2) is 23.8 Å². The van der Waals surface area contributed by atoms with Crippen molar-refractivity contribution >= 4 is 23.7 Å². The molecule has 6 heteroatoms. The van der Waals surface area contributed by atoms with Crippen molar-refractivity contribution in [2.24, 2.45) is 16.7 Å². The third kappa shape index (κ3) is 3.25. The van der Waals surface area contributed by atoms with E-state index in [1.807, 2.05) is 0 Å². The Hall–Kier alpha value is -1.48. The first-order valence-electron chi connectivity index (χ1n) is 7.80. The summed E-state index contributed by atoms with van der Waals surface area (Å²) in [6, 6.07) is 0. The van der Waals surface area contributed by atoms with Crippen LogP contribution in [0, 0.1) is 27.4 Å². The normalized spacial score (nSPS) is 31.5. The van der Waals surface area contributed by atoms with Gasteiger partial charge in [0.1, 0.15) is 23.5 Å². The van der Waals surface area contributed by atoms with Crippen LogP contribution in [0.1, 0.15) is 47.0 Å². The van der Waals surface area contributed by atoms with Gasteiger partial charge in [0.05, 0.1) is 5.57 Å². The first kappa shape index (κ1) is 17.9. The number of nitrogens with zero attached hydrogens (tertiary/aromatic N) is 1. The third-order valence-corrected chi connectivity index (χ3v) is 6.42. The van der Waals surface area contributed by atoms with Crippen molar-refractivity contribution < 1.29 is 19.1 Å². The van der Waals surface area contributed by atoms with Crippen LogP contribution < -0.4 is 0 Å². The van der Waals surface area contributed by atoms with Crippen LogP contribution >= 0.6 is 11.8 Å². The standard InChI is InChI=1S/C17H23NO4S/c1-11(8-21-14(19)9-23-10-18)15(20)22-13-7-12-5-6-17(13,4)16(12,2)3/h8,12-13H,5-7,9H2,1-4H3/t12-,13?,17-/m1/s1. The summed E-state index contributed by atoms with van der Waals surface area (Å²) in [5, 5.41) is 10.2. The molecule has 0 radical (unpaired) electrons. The van der Waals surface area contributed by atoms with E-state index >= 15 is 0 Å². The van der Waals surface area contributed by atoms with Crippen LogP contribution in [0.4, 0.5) is 0 Å². The van der Waals surface area contributed by atoms with Crippen molar-refractivity contribution in [2.45, 2.75) is 53.1 Å². The maximum Gasteiger partial charge on any atom is 0.337 e. The fourth-order valence-electron chi connectivity index (χ4n) is 3.86. The SMILES string of the molecule is CC(=COC(=O)CSC#N)C(=O)OC1C[C@H]2CC[C@@]1(C)C2(C)C. The van der Waals surface area contributed by atoms with Crippen LogP contribution in [0.25, 0.3) is 0 Å². The van der Waals surface area contributed by atoms with Crippen LogP contribution in [0.3, 0.4) is 0 Å². The van der Waals surface area contributed by atoms with Gasteiger partial charge in [0.15, 0.2) is 0 Å². The topological polar surface area (TPSA) is 76.4 Å². The lowest BCUT2D eigenvalue weighted by molar-refractivity contribution is -0.152. The molecule has 23 heavy (non-hydrogen) atoms. The van der Waals surface area contributed by atoms with Gasteiger partial charge in [0.2, 0.25) is 0 Å². The molecule has 5 nitrogen and oxygen atoms in total. The summed E-state index contributed by atoms with van der Waals surface area (Å²) >= 11 is 0.795. The molecule has 2 rings (SSSR count). The summed E-state index contributed by atoms with van der Waals surface area (Å²) < 4.78 is 10.5. The number of ether oxygens (including phenoxy) is 2. The molecule has 0 aromatic heterocycles. The van der Waals surface area contributed by atoms with E-state index in [4.69, 9.17) is 14.7 Å². The van der Waals surface area contributed by atoms with Gasteiger partial charge in [-0.25, -0.2) is 4.79 Å². The van der Waals surface area contributed by atoms with E-state index in [-0.39, 0.29) is 28.3 Å². The average molecular weight is 337 g/mol. The Balaban J connectivity index is 1.93. The highest BCUT2D eigenvalue weighted by Crippen LogP contribution is 2.66. The zero-order valence-corrected chi connectivity index (χ0v) is 14.9. The smallest absolute Gasteiger partial charge is 0.337 e. The largest absolute Gasteiger partial charge is 0.458 e. The average Bonchev–Trinajstić information content (AvgIpc) is 2.83. The van der Waals surface area contributed by atoms with Gasteiger partial charge in [-0.1, -0.05) is 20.8 Å². The van der Waals surface area contributed by atoms with Crippen molar-refractivity contribution in [3.8, 4) is 5.40 Å². The number of fused-ring (bicyclic) bond motifs is 2. The molecule has 2 fully saturated rings. The minimum atomic E-state index is -0.559. The summed E-state index contributed by atoms with van der Waals surface area (Å²) in [6.07, 6.45) is 4.20. The third-order valence-electron chi connectivity index (χ3n) is 5.91. The number of thiocyanates is 1. The van der Waals surface area contributed by atoms with Crippen LogP contribution in [0.2, 0.25) is 0 Å². The highest BCUT2D eigenvalue weighted by atomic mass is 32.2. The number of esters is 2. The molecule has 1 unspecified atom stereocenters. The van der Waals surface area contributed by atoms with E-state index in [1.165, 1.54) is 6.42 Å². The lowest BCUT2D eigenvalue weighted by Crippen LogP contribution is -2.38. The molecule has 0 aromatic rings. The van der Waals surface area contributed by atoms with Gasteiger partial charge in [-0.05, 0) is 49.3 Å². The van der Waals surface area contributed by atoms with Crippen molar-refractivity contribution in [3.63, 3.8) is 0 Å². The predicted octanol–water partition coefficient (Wildman–Crippen LogP) is 3.41. The quantitative estimate of drug-likeness (QED) is 0.331. The number of nitriles is 1. The van der Waals surface area contributed by atoms with E-state index in [2.05, 4.69) is 20.8 Å². The van der Waals surface area contributed by atoms with E-state index in [0.29, 0.717) is 5.92 Å². The molecule has 0 aromatic carbocycles. The Morgan fingerprint density at radius 1 is 1.39 bits per heavy atom. The summed E-state index contributed by atoms with van der Waals surface area (Å²) in [4.78, 5) is 23.5. The molecule has 0 heterocycles. The Labute approximate surface area is 141 Å². The Morgan fingerprint density at radius 2 is 2.09 bits per heavy atom. The fourth-order valence-corrected chi connectivity index (χ4v) is 4.11. The first-order valence-corrected chi connectivity index (χ1v) is 8.79. The molecule has 2 aliphatic rings. The molecule has 2 bridgehead atoms. The zero-order valence-electron chi connectivity index (χ0n) is 14.0. The van der Waals surface area contributed by atoms with E-state index in [9.17, 15) is 9.59 Å². The predicted molar refractivity (Wildman–Crippen MR) is 87.0 cm³/mol. The fraction of sp³-hybridized carbons (Fsp3) is 0.706. The van der Waals surface area contributed by atoms with Crippen molar-refractivity contribution in [1.82, 2.24) is 0 Å². The zero-order chi connectivity index (χ0) is 17.3. The van der Waals surface area contributed by atoms with Gasteiger partial charge in [-0.2, -0.15) is 5.26 Å². The second-order valence-electron chi connectivity index (χ2n) is 7.18. The lowest BCUT2D eigenvalue weighted by atomic mass is 9.70. The van der Waals surface area contributed by atoms with Gasteiger partial charge in [-0.15, -0.1) is 0 Å². The molecule has 2 saturated carbocycles. The van der Waals surface area contributed by atoms with Gasteiger partial charge in [0, 0.05) is 5.41 Å². The van der Waals surface area contributed by atoms with Gasteiger partial charge >= 0.3 is 11.9 Å². The molecule has 0 spiro atoms. The Morgan fingerprint density at radius 3 is 2.61 bits per heavy atom. The number of thioether (sulfide) groups is 1. The number of rotatable bonds is 5. The van der Waals surface area contributed by atoms with E-state index < -0.39 is 11.9 Å². The molecular weight excluding hydrogens is 314 g/mol. The summed E-state index contributed by atoms with van der Waals surface area (Å²) in [7, 11) is 0. The summed E-state index contributed by atoms with van der Waals surface area (Å²) in [6.45, 7) is 8.29. The number of carbonyl (C=O) groups is 2. The number of hydrogen-bond donors (Lipinski definition) is 0. The molecule has 0 aliphatic heterocycles. The summed E-state index contributed by atoms with van der Waals surface area (Å²) in [5.74, 6) is -0.473. The van der Waals surface area contributed by atoms with Crippen LogP contribution in [0.5, 0.6) is 0 Å². The van der Waals surface area contributed by atoms with Gasteiger partial charge in [0.25, 0.3) is 0 Å². The van der Waals surface area contributed by atoms with Gasteiger partial charge < -0.3 is 9.47 Å². The highest BCUT2D eigenvalue weighted by molar-refractivity contribution is 8.04. The summed E-state index contributed by atoms with van der Waals surface area (Å²) in [5.41, 5.74) is 0.439. The minimum Gasteiger partial charge on any atom is -0.458 e. The van der Waals surface area contributed by atoms with Crippen LogP contribution in [-0.2, 0) is 19.1 Å². The Kier molecular flexibility index (Phi) is 5.10. The first-order chi connectivity index (χ1) is 10.7. The van der Waals surface area contributed by atoms with Crippen molar-refractivity contribution in [1.29, 1.82) is 5.26 Å². The maximum atomic E-state index is 12.2. The monoisotopic (exact) mass is 337 g/mol. The molecule has 2 aliphatic carbocycles. The van der Waals surface area contributed by atoms with E-state index in [0.717, 1.165) is 30.9 Å². The Bertz CT molecular complexity index is 578. The minimum absolute atomic E-state index is 0.00766. The lowest BCUT2D eigenvalue weighted by Gasteiger charge is -2.38. The molecule has 0 saturated heterocycles. The number of hydrogen-bond acceptors (Lipinski definition) is 6.